The van der Waals surface area contributed by atoms with Crippen LogP contribution >= 0.6 is 0 Å². The third-order valence-electron chi connectivity index (χ3n) is 8.97. The summed E-state index contributed by atoms with van der Waals surface area (Å²) in [4.78, 5) is 14.2. The summed E-state index contributed by atoms with van der Waals surface area (Å²) in [6.45, 7) is 15.4. The third kappa shape index (κ3) is 5.70. The Balaban J connectivity index is 1.97. The highest BCUT2D eigenvalue weighted by molar-refractivity contribution is 6.75. The number of carbonyl (C=O) groups excluding carboxylic acids is 1. The number of hydrogen-bond acceptors (Lipinski definition) is 4. The first kappa shape index (κ1) is 29.9. The van der Waals surface area contributed by atoms with Gasteiger partial charge in [-0.3, -0.25) is 0 Å². The second-order valence-corrected chi connectivity index (χ2v) is 20.2. The quantitative estimate of drug-likeness (QED) is 0.0962. The maximum Gasteiger partial charge on any atom is 0.347 e. The Kier molecular flexibility index (Phi) is 9.42. The molecular formula is C34H44O4Si2. The lowest BCUT2D eigenvalue weighted by Gasteiger charge is -2.33. The van der Waals surface area contributed by atoms with Gasteiger partial charge in [-0.25, -0.2) is 4.79 Å². The summed E-state index contributed by atoms with van der Waals surface area (Å²) >= 11 is 0. The second-order valence-electron chi connectivity index (χ2n) is 10.8. The zero-order chi connectivity index (χ0) is 28.9. The van der Waals surface area contributed by atoms with Crippen LogP contribution in [-0.2, 0) is 0 Å². The molecule has 0 aromatic heterocycles. The molecule has 40 heavy (non-hydrogen) atoms. The van der Waals surface area contributed by atoms with Crippen LogP contribution in [0.25, 0.3) is 21.5 Å². The van der Waals surface area contributed by atoms with Gasteiger partial charge in [-0.05, 0) is 66.3 Å². The molecule has 0 radical (unpaired) electrons. The first-order chi connectivity index (χ1) is 19.3. The predicted molar refractivity (Wildman–Crippen MR) is 173 cm³/mol. The van der Waals surface area contributed by atoms with Crippen LogP contribution in [0, 0.1) is 6.92 Å². The van der Waals surface area contributed by atoms with E-state index in [1.807, 2.05) is 54.6 Å². The minimum absolute atomic E-state index is 0.414. The average Bonchev–Trinajstić information content (AvgIpc) is 2.99. The number of esters is 1. The van der Waals surface area contributed by atoms with Crippen molar-refractivity contribution in [3.8, 4) is 17.2 Å². The van der Waals surface area contributed by atoms with Gasteiger partial charge in [0.25, 0.3) is 16.6 Å². The van der Waals surface area contributed by atoms with E-state index in [4.69, 9.17) is 13.6 Å². The minimum Gasteiger partial charge on any atom is -0.543 e. The molecule has 0 unspecified atom stereocenters. The number of carbonyl (C=O) groups is 1. The number of aryl methyl sites for hydroxylation is 1. The van der Waals surface area contributed by atoms with Gasteiger partial charge in [-0.2, -0.15) is 0 Å². The van der Waals surface area contributed by atoms with Crippen molar-refractivity contribution >= 4 is 44.1 Å². The monoisotopic (exact) mass is 572 g/mol. The van der Waals surface area contributed by atoms with Crippen LogP contribution < -0.4 is 13.6 Å². The lowest BCUT2D eigenvalue weighted by atomic mass is 10.0. The van der Waals surface area contributed by atoms with E-state index in [0.29, 0.717) is 17.1 Å². The van der Waals surface area contributed by atoms with E-state index < -0.39 is 22.6 Å². The molecule has 0 aliphatic carbocycles. The van der Waals surface area contributed by atoms with E-state index in [9.17, 15) is 4.79 Å². The Labute approximate surface area is 241 Å². The maximum absolute atomic E-state index is 14.2. The number of rotatable bonds is 12. The van der Waals surface area contributed by atoms with Crippen LogP contribution in [-0.4, -0.2) is 22.6 Å². The minimum atomic E-state index is -2.13. The van der Waals surface area contributed by atoms with E-state index in [1.54, 1.807) is 0 Å². The molecule has 0 fully saturated rings. The van der Waals surface area contributed by atoms with Gasteiger partial charge in [0.15, 0.2) is 0 Å². The van der Waals surface area contributed by atoms with Gasteiger partial charge >= 0.3 is 5.97 Å². The lowest BCUT2D eigenvalue weighted by Crippen LogP contribution is -2.40. The van der Waals surface area contributed by atoms with Gasteiger partial charge < -0.3 is 13.6 Å². The fraction of sp³-hybridized carbons (Fsp3) is 0.382. The van der Waals surface area contributed by atoms with Gasteiger partial charge in [0.1, 0.15) is 22.8 Å². The highest BCUT2D eigenvalue weighted by Crippen LogP contribution is 2.43. The summed E-state index contributed by atoms with van der Waals surface area (Å²) in [5.74, 6) is 1.55. The smallest absolute Gasteiger partial charge is 0.347 e. The number of fused-ring (bicyclic) bond motifs is 2. The number of benzene rings is 4. The van der Waals surface area contributed by atoms with Crippen LogP contribution in [0.1, 0.15) is 57.5 Å². The molecule has 0 saturated carbocycles. The maximum atomic E-state index is 14.2. The van der Waals surface area contributed by atoms with Gasteiger partial charge in [0.2, 0.25) is 0 Å². The molecule has 6 heteroatoms. The average molecular weight is 573 g/mol. The van der Waals surface area contributed by atoms with Crippen LogP contribution in [0.5, 0.6) is 17.2 Å². The second kappa shape index (κ2) is 12.6. The van der Waals surface area contributed by atoms with Gasteiger partial charge in [0, 0.05) is 16.2 Å². The molecule has 0 aliphatic rings. The van der Waals surface area contributed by atoms with Crippen molar-refractivity contribution < 1.29 is 18.4 Å². The summed E-state index contributed by atoms with van der Waals surface area (Å²) in [5.41, 5.74) is 1.56. The van der Waals surface area contributed by atoms with Crippen LogP contribution in [0.15, 0.2) is 66.7 Å². The summed E-state index contributed by atoms with van der Waals surface area (Å²) in [6.07, 6.45) is 0. The molecule has 4 nitrogen and oxygen atoms in total. The Morgan fingerprint density at radius 3 is 1.85 bits per heavy atom. The fourth-order valence-electron chi connectivity index (χ4n) is 5.76. The zero-order valence-electron chi connectivity index (χ0n) is 25.2. The molecule has 212 valence electrons. The molecule has 0 bridgehead atoms. The van der Waals surface area contributed by atoms with Gasteiger partial charge in [-0.15, -0.1) is 0 Å². The molecule has 4 rings (SSSR count). The topological polar surface area (TPSA) is 44.8 Å². The Bertz CT molecular complexity index is 1470. The Hall–Kier alpha value is -3.10. The van der Waals surface area contributed by atoms with E-state index in [2.05, 4.69) is 60.6 Å². The molecule has 4 aromatic rings. The largest absolute Gasteiger partial charge is 0.543 e. The van der Waals surface area contributed by atoms with Crippen molar-refractivity contribution in [2.45, 2.75) is 84.7 Å². The van der Waals surface area contributed by atoms with E-state index in [-0.39, 0.29) is 0 Å². The lowest BCUT2D eigenvalue weighted by molar-refractivity contribution is 0.0735. The first-order valence-electron chi connectivity index (χ1n) is 14.9. The summed E-state index contributed by atoms with van der Waals surface area (Å²) in [5, 5.41) is 3.91. The molecule has 4 aromatic carbocycles. The summed E-state index contributed by atoms with van der Waals surface area (Å²) in [6, 6.07) is 27.9. The van der Waals surface area contributed by atoms with Crippen molar-refractivity contribution in [2.24, 2.45) is 0 Å². The fourth-order valence-corrected chi connectivity index (χ4v) is 10.9. The molecule has 0 amide bonds. The number of hydrogen-bond donors (Lipinski definition) is 0. The molecule has 0 spiro atoms. The normalized spacial score (nSPS) is 12.1. The highest BCUT2D eigenvalue weighted by atomic mass is 28.4. The van der Waals surface area contributed by atoms with E-state index in [1.165, 1.54) is 0 Å². The Morgan fingerprint density at radius 2 is 1.20 bits per heavy atom. The zero-order valence-corrected chi connectivity index (χ0v) is 27.2. The van der Waals surface area contributed by atoms with Crippen LogP contribution in [0.4, 0.5) is 0 Å². The standard InChI is InChI=1S/C34H44O4Si2/c1-8-39(9-2,10-3)37-31-24-29(34(35)36-30-23-17-20-26-19-14-15-21-27(26)30)33(38-40(11-4,12-5)13-6)28-22-16-18-25(7)32(28)31/h14-24H,8-13H2,1-7H3. The van der Waals surface area contributed by atoms with Crippen molar-refractivity contribution in [3.05, 3.63) is 77.9 Å². The molecule has 0 saturated heterocycles. The van der Waals surface area contributed by atoms with Crippen LogP contribution in [0.2, 0.25) is 36.3 Å². The SMILES string of the molecule is CC[Si](CC)(CC)Oc1c(C(=O)Oc2cccc3ccccc23)cc(O[Si](CC)(CC)CC)c2c(C)cccc12. The first-order valence-corrected chi connectivity index (χ1v) is 20.0. The van der Waals surface area contributed by atoms with Gasteiger partial charge in [0.05, 0.1) is 0 Å². The van der Waals surface area contributed by atoms with Crippen molar-refractivity contribution in [3.63, 3.8) is 0 Å². The summed E-state index contributed by atoms with van der Waals surface area (Å²) < 4.78 is 20.2. The van der Waals surface area contributed by atoms with E-state index >= 15 is 0 Å². The summed E-state index contributed by atoms with van der Waals surface area (Å²) in [7, 11) is -4.17. The van der Waals surface area contributed by atoms with Gasteiger partial charge in [-0.1, -0.05) is 96.1 Å². The molecule has 0 aliphatic heterocycles. The predicted octanol–water partition coefficient (Wildman–Crippen LogP) is 10.3. The Morgan fingerprint density at radius 1 is 0.650 bits per heavy atom. The third-order valence-corrected chi connectivity index (χ3v) is 18.0. The van der Waals surface area contributed by atoms with Crippen molar-refractivity contribution in [2.75, 3.05) is 0 Å². The highest BCUT2D eigenvalue weighted by Gasteiger charge is 2.36. The van der Waals surface area contributed by atoms with Crippen LogP contribution in [0.3, 0.4) is 0 Å². The molecule has 0 atom stereocenters. The van der Waals surface area contributed by atoms with E-state index in [0.717, 1.165) is 69.1 Å². The molecule has 0 N–H and O–H groups in total. The van der Waals surface area contributed by atoms with Crippen molar-refractivity contribution in [1.82, 2.24) is 0 Å². The molecule has 0 heterocycles. The number of ether oxygens (including phenoxy) is 1. The van der Waals surface area contributed by atoms with Crippen molar-refractivity contribution in [1.29, 1.82) is 0 Å². The molecular weight excluding hydrogens is 529 g/mol.